The van der Waals surface area contributed by atoms with Gasteiger partial charge >= 0.3 is 0 Å². The minimum Gasteiger partial charge on any atom is -0.370 e. The first kappa shape index (κ1) is 20.2. The van der Waals surface area contributed by atoms with Gasteiger partial charge in [-0.05, 0) is 38.1 Å². The van der Waals surface area contributed by atoms with Crippen LogP contribution in [-0.2, 0) is 16.4 Å². The van der Waals surface area contributed by atoms with Gasteiger partial charge in [-0.1, -0.05) is 0 Å². The normalized spacial score (nSPS) is 11.4. The Morgan fingerprint density at radius 1 is 1.11 bits per heavy atom. The highest BCUT2D eigenvalue weighted by Gasteiger charge is 2.16. The predicted molar refractivity (Wildman–Crippen MR) is 105 cm³/mol. The van der Waals surface area contributed by atoms with E-state index in [0.717, 1.165) is 35.3 Å². The molecule has 148 valence electrons. The number of sulfonamides is 1. The molecule has 6 nitrogen and oxygen atoms in total. The zero-order valence-electron chi connectivity index (χ0n) is 15.2. The second kappa shape index (κ2) is 8.19. The van der Waals surface area contributed by atoms with Gasteiger partial charge in [0, 0.05) is 30.1 Å². The first-order valence-electron chi connectivity index (χ1n) is 8.35. The smallest absolute Gasteiger partial charge is 0.263 e. The summed E-state index contributed by atoms with van der Waals surface area (Å²) in [6.45, 7) is 4.56. The minimum atomic E-state index is -3.96. The Morgan fingerprint density at radius 2 is 1.89 bits per heavy atom. The van der Waals surface area contributed by atoms with E-state index in [-0.39, 0.29) is 10.6 Å². The van der Waals surface area contributed by atoms with Crippen LogP contribution in [0.1, 0.15) is 15.6 Å². The van der Waals surface area contributed by atoms with Crippen molar-refractivity contribution in [2.24, 2.45) is 0 Å². The van der Waals surface area contributed by atoms with Crippen molar-refractivity contribution in [3.8, 4) is 0 Å². The summed E-state index contributed by atoms with van der Waals surface area (Å²) < 4.78 is 53.1. The van der Waals surface area contributed by atoms with Crippen molar-refractivity contribution in [2.45, 2.75) is 25.2 Å². The summed E-state index contributed by atoms with van der Waals surface area (Å²) in [6, 6.07) is 5.71. The van der Waals surface area contributed by atoms with Gasteiger partial charge in [-0.2, -0.15) is 0 Å². The molecule has 0 aliphatic carbocycles. The van der Waals surface area contributed by atoms with Gasteiger partial charge in [0.1, 0.15) is 10.7 Å². The maximum absolute atomic E-state index is 13.2. The number of rotatable bonds is 7. The number of nitrogens with one attached hydrogen (secondary N) is 2. The Balaban J connectivity index is 1.62. The average Bonchev–Trinajstić information content (AvgIpc) is 2.96. The molecule has 0 saturated carbocycles. The first-order valence-corrected chi connectivity index (χ1v) is 10.7. The highest BCUT2D eigenvalue weighted by Crippen LogP contribution is 2.20. The SMILES string of the molecule is Cc1nc(C)c(CCNc2ccc(S(=O)(=O)Nc3ccc(F)c(F)c3)cn2)s1. The van der Waals surface area contributed by atoms with Crippen molar-refractivity contribution in [2.75, 3.05) is 16.6 Å². The minimum absolute atomic E-state index is 0.0728. The van der Waals surface area contributed by atoms with Gasteiger partial charge in [0.2, 0.25) is 0 Å². The molecule has 1 aromatic carbocycles. The van der Waals surface area contributed by atoms with Crippen molar-refractivity contribution >= 4 is 32.9 Å². The van der Waals surface area contributed by atoms with E-state index in [4.69, 9.17) is 0 Å². The molecule has 2 heterocycles. The van der Waals surface area contributed by atoms with Crippen LogP contribution in [0, 0.1) is 25.5 Å². The van der Waals surface area contributed by atoms with Gasteiger partial charge in [-0.15, -0.1) is 11.3 Å². The van der Waals surface area contributed by atoms with Crippen molar-refractivity contribution in [1.82, 2.24) is 9.97 Å². The number of hydrogen-bond acceptors (Lipinski definition) is 6. The molecule has 0 fully saturated rings. The molecular weight excluding hydrogens is 406 g/mol. The number of hydrogen-bond donors (Lipinski definition) is 2. The zero-order chi connectivity index (χ0) is 20.3. The molecule has 3 aromatic rings. The Kier molecular flexibility index (Phi) is 5.90. The third kappa shape index (κ3) is 4.82. The molecule has 0 amide bonds. The number of aryl methyl sites for hydroxylation is 2. The Bertz CT molecular complexity index is 1080. The van der Waals surface area contributed by atoms with E-state index in [0.29, 0.717) is 12.4 Å². The van der Waals surface area contributed by atoms with Gasteiger partial charge in [0.15, 0.2) is 11.6 Å². The second-order valence-corrected chi connectivity index (χ2v) is 9.00. The number of thiazole rings is 1. The summed E-state index contributed by atoms with van der Waals surface area (Å²) >= 11 is 1.65. The van der Waals surface area contributed by atoms with Crippen LogP contribution in [-0.4, -0.2) is 24.9 Å². The number of anilines is 2. The predicted octanol–water partition coefficient (Wildman–Crippen LogP) is 3.89. The molecule has 0 bridgehead atoms. The van der Waals surface area contributed by atoms with E-state index in [9.17, 15) is 17.2 Å². The molecule has 0 radical (unpaired) electrons. The first-order chi connectivity index (χ1) is 13.2. The van der Waals surface area contributed by atoms with Crippen molar-refractivity contribution in [3.63, 3.8) is 0 Å². The van der Waals surface area contributed by atoms with Gasteiger partial charge in [-0.25, -0.2) is 27.2 Å². The topological polar surface area (TPSA) is 84.0 Å². The van der Waals surface area contributed by atoms with Gasteiger partial charge in [-0.3, -0.25) is 4.72 Å². The van der Waals surface area contributed by atoms with E-state index in [1.165, 1.54) is 17.1 Å². The van der Waals surface area contributed by atoms with E-state index < -0.39 is 21.7 Å². The molecular formula is C18H18F2N4O2S2. The zero-order valence-corrected chi connectivity index (χ0v) is 16.8. The molecule has 0 atom stereocenters. The van der Waals surface area contributed by atoms with Crippen LogP contribution < -0.4 is 10.0 Å². The van der Waals surface area contributed by atoms with E-state index >= 15 is 0 Å². The Hall–Kier alpha value is -2.59. The number of halogens is 2. The number of pyridine rings is 1. The quantitative estimate of drug-likeness (QED) is 0.601. The van der Waals surface area contributed by atoms with Crippen molar-refractivity contribution < 1.29 is 17.2 Å². The lowest BCUT2D eigenvalue weighted by Gasteiger charge is -2.09. The third-order valence-electron chi connectivity index (χ3n) is 3.88. The molecule has 10 heteroatoms. The lowest BCUT2D eigenvalue weighted by Crippen LogP contribution is -2.14. The van der Waals surface area contributed by atoms with Crippen molar-refractivity contribution in [3.05, 3.63) is 63.7 Å². The van der Waals surface area contributed by atoms with Crippen LogP contribution in [0.5, 0.6) is 0 Å². The van der Waals surface area contributed by atoms with Crippen LogP contribution in [0.4, 0.5) is 20.3 Å². The van der Waals surface area contributed by atoms with Crippen LogP contribution in [0.15, 0.2) is 41.4 Å². The highest BCUT2D eigenvalue weighted by atomic mass is 32.2. The van der Waals surface area contributed by atoms with Crippen LogP contribution in [0.2, 0.25) is 0 Å². The summed E-state index contributed by atoms with van der Waals surface area (Å²) in [5.41, 5.74) is 0.943. The largest absolute Gasteiger partial charge is 0.370 e. The fourth-order valence-electron chi connectivity index (χ4n) is 2.53. The van der Waals surface area contributed by atoms with Crippen molar-refractivity contribution in [1.29, 1.82) is 0 Å². The molecule has 0 aliphatic rings. The van der Waals surface area contributed by atoms with E-state index in [1.807, 2.05) is 13.8 Å². The fraction of sp³-hybridized carbons (Fsp3) is 0.222. The van der Waals surface area contributed by atoms with Crippen LogP contribution in [0.3, 0.4) is 0 Å². The lowest BCUT2D eigenvalue weighted by molar-refractivity contribution is 0.509. The Morgan fingerprint density at radius 3 is 2.50 bits per heavy atom. The molecule has 0 unspecified atom stereocenters. The number of benzene rings is 1. The maximum atomic E-state index is 13.2. The monoisotopic (exact) mass is 424 g/mol. The lowest BCUT2D eigenvalue weighted by atomic mass is 10.3. The summed E-state index contributed by atoms with van der Waals surface area (Å²) in [6.07, 6.45) is 1.99. The molecule has 0 saturated heterocycles. The molecule has 3 rings (SSSR count). The number of aromatic nitrogens is 2. The molecule has 2 aromatic heterocycles. The summed E-state index contributed by atoms with van der Waals surface area (Å²) in [4.78, 5) is 9.59. The molecule has 0 spiro atoms. The molecule has 28 heavy (non-hydrogen) atoms. The van der Waals surface area contributed by atoms with Gasteiger partial charge in [0.05, 0.1) is 16.4 Å². The average molecular weight is 424 g/mol. The Labute approximate surface area is 165 Å². The van der Waals surface area contributed by atoms with E-state index in [1.54, 1.807) is 17.4 Å². The summed E-state index contributed by atoms with van der Waals surface area (Å²) in [5.74, 6) is -1.65. The second-order valence-electron chi connectivity index (χ2n) is 6.03. The number of nitrogens with zero attached hydrogens (tertiary/aromatic N) is 2. The van der Waals surface area contributed by atoms with E-state index in [2.05, 4.69) is 20.0 Å². The standard InChI is InChI=1S/C18H18F2N4O2S2/c1-11-17(27-12(2)23-11)7-8-21-18-6-4-14(10-22-18)28(25,26)24-13-3-5-15(19)16(20)9-13/h3-6,9-10,24H,7-8H2,1-2H3,(H,21,22). The third-order valence-corrected chi connectivity index (χ3v) is 6.38. The van der Waals surface area contributed by atoms with Crippen LogP contribution in [0.25, 0.3) is 0 Å². The maximum Gasteiger partial charge on any atom is 0.263 e. The highest BCUT2D eigenvalue weighted by molar-refractivity contribution is 7.92. The van der Waals surface area contributed by atoms with Crippen LogP contribution >= 0.6 is 11.3 Å². The molecule has 0 aliphatic heterocycles. The fourth-order valence-corrected chi connectivity index (χ4v) is 4.46. The summed E-state index contributed by atoms with van der Waals surface area (Å²) in [5, 5.41) is 4.15. The summed E-state index contributed by atoms with van der Waals surface area (Å²) in [7, 11) is -3.96. The molecule has 2 N–H and O–H groups in total. The van der Waals surface area contributed by atoms with Gasteiger partial charge < -0.3 is 5.32 Å². The van der Waals surface area contributed by atoms with Gasteiger partial charge in [0.25, 0.3) is 10.0 Å².